The molecule has 0 radical (unpaired) electrons. The average Bonchev–Trinajstić information content (AvgIpc) is 3.26. The van der Waals surface area contributed by atoms with Gasteiger partial charge in [-0.25, -0.2) is 17.8 Å². The van der Waals surface area contributed by atoms with E-state index in [-0.39, 0.29) is 17.2 Å². The van der Waals surface area contributed by atoms with Gasteiger partial charge in [0.05, 0.1) is 14.2 Å². The van der Waals surface area contributed by atoms with E-state index in [4.69, 9.17) is 9.47 Å². The monoisotopic (exact) mass is 404 g/mol. The topological polar surface area (TPSA) is 120 Å². The molecule has 148 valence electrons. The highest BCUT2D eigenvalue weighted by Gasteiger charge is 2.20. The van der Waals surface area contributed by atoms with Crippen LogP contribution in [0.5, 0.6) is 11.5 Å². The number of methoxy groups -OCH3 is 2. The van der Waals surface area contributed by atoms with Gasteiger partial charge in [0.25, 0.3) is 0 Å². The molecule has 0 aliphatic carbocycles. The van der Waals surface area contributed by atoms with Crippen LogP contribution in [0.15, 0.2) is 53.7 Å². The van der Waals surface area contributed by atoms with Gasteiger partial charge in [-0.05, 0) is 30.3 Å². The third-order valence-electron chi connectivity index (χ3n) is 3.77. The van der Waals surface area contributed by atoms with E-state index >= 15 is 0 Å². The molecular formula is C17H20N6O4S. The normalized spacial score (nSPS) is 11.2. The number of sulfonamides is 1. The molecule has 11 heteroatoms. The van der Waals surface area contributed by atoms with Crippen molar-refractivity contribution in [2.24, 2.45) is 0 Å². The van der Waals surface area contributed by atoms with E-state index in [2.05, 4.69) is 25.3 Å². The smallest absolute Gasteiger partial charge is 0.244 e. The van der Waals surface area contributed by atoms with Crippen LogP contribution in [0.1, 0.15) is 0 Å². The number of rotatable bonds is 9. The van der Waals surface area contributed by atoms with E-state index < -0.39 is 10.0 Å². The summed E-state index contributed by atoms with van der Waals surface area (Å²) in [6.45, 7) is 0.465. The fraction of sp³-hybridized carbons (Fsp3) is 0.235. The van der Waals surface area contributed by atoms with Crippen molar-refractivity contribution in [3.63, 3.8) is 0 Å². The van der Waals surface area contributed by atoms with Gasteiger partial charge in [0, 0.05) is 31.5 Å². The summed E-state index contributed by atoms with van der Waals surface area (Å²) in [5.41, 5.74) is 0. The molecular weight excluding hydrogens is 384 g/mol. The van der Waals surface area contributed by atoms with Gasteiger partial charge >= 0.3 is 0 Å². The van der Waals surface area contributed by atoms with Crippen LogP contribution in [0.4, 0.5) is 5.82 Å². The van der Waals surface area contributed by atoms with Crippen molar-refractivity contribution in [3.05, 3.63) is 48.8 Å². The van der Waals surface area contributed by atoms with Crippen molar-refractivity contribution < 1.29 is 17.9 Å². The number of hydrogen-bond donors (Lipinski definition) is 2. The summed E-state index contributed by atoms with van der Waals surface area (Å²) in [7, 11) is -0.892. The van der Waals surface area contributed by atoms with Crippen LogP contribution < -0.4 is 19.5 Å². The molecule has 10 nitrogen and oxygen atoms in total. The molecule has 2 aromatic heterocycles. The summed E-state index contributed by atoms with van der Waals surface area (Å²) in [5.74, 6) is 1.77. The second kappa shape index (κ2) is 8.67. The van der Waals surface area contributed by atoms with Crippen molar-refractivity contribution in [1.29, 1.82) is 0 Å². The fourth-order valence-electron chi connectivity index (χ4n) is 2.39. The summed E-state index contributed by atoms with van der Waals surface area (Å²) in [4.78, 5) is 0.0118. The number of aromatic nitrogens is 4. The molecule has 0 fully saturated rings. The molecule has 0 unspecified atom stereocenters. The van der Waals surface area contributed by atoms with E-state index in [0.29, 0.717) is 23.9 Å². The number of ether oxygens (including phenoxy) is 2. The van der Waals surface area contributed by atoms with Gasteiger partial charge in [-0.1, -0.05) is 0 Å². The van der Waals surface area contributed by atoms with Crippen LogP contribution in [0.3, 0.4) is 0 Å². The number of hydrogen-bond acceptors (Lipinski definition) is 8. The van der Waals surface area contributed by atoms with Crippen LogP contribution in [-0.2, 0) is 10.0 Å². The Morgan fingerprint density at radius 3 is 2.57 bits per heavy atom. The minimum atomic E-state index is -3.77. The Hall–Kier alpha value is -3.18. The van der Waals surface area contributed by atoms with Crippen molar-refractivity contribution in [2.75, 3.05) is 32.6 Å². The SMILES string of the molecule is COc1ccc(OC)c(S(=O)(=O)NCCNc2ccc(-n3cccn3)nn2)c1. The highest BCUT2D eigenvalue weighted by atomic mass is 32.2. The average molecular weight is 404 g/mol. The first kappa shape index (κ1) is 19.6. The Morgan fingerprint density at radius 1 is 1.07 bits per heavy atom. The standard InChI is InChI=1S/C17H20N6O4S/c1-26-13-4-5-14(27-2)15(12-13)28(24,25)20-10-9-18-16-6-7-17(22-21-16)23-11-3-8-19-23/h3-8,11-12,20H,9-10H2,1-2H3,(H,18,21). The van der Waals surface area contributed by atoms with Gasteiger partial charge in [0.15, 0.2) is 5.82 Å². The van der Waals surface area contributed by atoms with Gasteiger partial charge in [0.2, 0.25) is 10.0 Å². The van der Waals surface area contributed by atoms with Gasteiger partial charge in [-0.15, -0.1) is 10.2 Å². The molecule has 1 aromatic carbocycles. The zero-order chi connectivity index (χ0) is 20.0. The summed E-state index contributed by atoms with van der Waals surface area (Å²) in [6.07, 6.45) is 3.41. The Labute approximate surface area is 162 Å². The van der Waals surface area contributed by atoms with Crippen LogP contribution in [0.25, 0.3) is 5.82 Å². The lowest BCUT2D eigenvalue weighted by molar-refractivity contribution is 0.392. The van der Waals surface area contributed by atoms with Crippen molar-refractivity contribution in [2.45, 2.75) is 4.90 Å². The zero-order valence-corrected chi connectivity index (χ0v) is 16.2. The Morgan fingerprint density at radius 2 is 1.93 bits per heavy atom. The molecule has 0 atom stereocenters. The van der Waals surface area contributed by atoms with E-state index in [0.717, 1.165) is 0 Å². The molecule has 3 rings (SSSR count). The van der Waals surface area contributed by atoms with Crippen molar-refractivity contribution in [1.82, 2.24) is 24.7 Å². The molecule has 0 aliphatic heterocycles. The molecule has 0 bridgehead atoms. The fourth-order valence-corrected chi connectivity index (χ4v) is 3.61. The van der Waals surface area contributed by atoms with Crippen LogP contribution >= 0.6 is 0 Å². The molecule has 2 heterocycles. The molecule has 28 heavy (non-hydrogen) atoms. The quantitative estimate of drug-likeness (QED) is 0.508. The van der Waals surface area contributed by atoms with Gasteiger partial charge < -0.3 is 14.8 Å². The predicted molar refractivity (Wildman–Crippen MR) is 102 cm³/mol. The maximum Gasteiger partial charge on any atom is 0.244 e. The Bertz CT molecular complexity index is 1010. The number of nitrogens with one attached hydrogen (secondary N) is 2. The van der Waals surface area contributed by atoms with Crippen LogP contribution in [0.2, 0.25) is 0 Å². The van der Waals surface area contributed by atoms with Crippen LogP contribution in [-0.4, -0.2) is 55.7 Å². The summed E-state index contributed by atoms with van der Waals surface area (Å²) in [5, 5.41) is 15.2. The molecule has 2 N–H and O–H groups in total. The van der Waals surface area contributed by atoms with E-state index in [1.807, 2.05) is 0 Å². The molecule has 0 saturated heterocycles. The lowest BCUT2D eigenvalue weighted by Gasteiger charge is -2.12. The van der Waals surface area contributed by atoms with E-state index in [9.17, 15) is 8.42 Å². The molecule has 0 aliphatic rings. The minimum absolute atomic E-state index is 0.0118. The molecule has 0 spiro atoms. The summed E-state index contributed by atoms with van der Waals surface area (Å²) < 4.78 is 39.4. The van der Waals surface area contributed by atoms with Gasteiger partial charge in [0.1, 0.15) is 22.2 Å². The first-order chi connectivity index (χ1) is 13.5. The van der Waals surface area contributed by atoms with Gasteiger partial charge in [-0.2, -0.15) is 5.10 Å². The van der Waals surface area contributed by atoms with Crippen molar-refractivity contribution >= 4 is 15.8 Å². The maximum atomic E-state index is 12.6. The summed E-state index contributed by atoms with van der Waals surface area (Å²) in [6, 6.07) is 9.87. The highest BCUT2D eigenvalue weighted by Crippen LogP contribution is 2.27. The lowest BCUT2D eigenvalue weighted by atomic mass is 10.3. The van der Waals surface area contributed by atoms with Gasteiger partial charge in [-0.3, -0.25) is 0 Å². The molecule has 3 aromatic rings. The third kappa shape index (κ3) is 4.56. The summed E-state index contributed by atoms with van der Waals surface area (Å²) >= 11 is 0. The number of anilines is 1. The third-order valence-corrected chi connectivity index (χ3v) is 5.26. The zero-order valence-electron chi connectivity index (χ0n) is 15.4. The second-order valence-electron chi connectivity index (χ2n) is 5.57. The number of benzene rings is 1. The maximum absolute atomic E-state index is 12.6. The second-order valence-corrected chi connectivity index (χ2v) is 7.30. The molecule has 0 saturated carbocycles. The predicted octanol–water partition coefficient (Wildman–Crippen LogP) is 1.07. The first-order valence-electron chi connectivity index (χ1n) is 8.33. The van der Waals surface area contributed by atoms with Crippen LogP contribution in [0, 0.1) is 0 Å². The Kier molecular flexibility index (Phi) is 6.06. The first-order valence-corrected chi connectivity index (χ1v) is 9.81. The lowest BCUT2D eigenvalue weighted by Crippen LogP contribution is -2.29. The van der Waals surface area contributed by atoms with E-state index in [1.165, 1.54) is 20.3 Å². The largest absolute Gasteiger partial charge is 0.497 e. The number of nitrogens with zero attached hydrogens (tertiary/aromatic N) is 4. The highest BCUT2D eigenvalue weighted by molar-refractivity contribution is 7.89. The minimum Gasteiger partial charge on any atom is -0.497 e. The Balaban J connectivity index is 1.57. The van der Waals surface area contributed by atoms with Crippen molar-refractivity contribution in [3.8, 4) is 17.3 Å². The van der Waals surface area contributed by atoms with E-state index in [1.54, 1.807) is 47.4 Å². The molecule has 0 amide bonds.